The topological polar surface area (TPSA) is 60.9 Å². The average molecular weight is 421 g/mol. The van der Waals surface area contributed by atoms with Crippen LogP contribution in [0, 0.1) is 6.92 Å². The highest BCUT2D eigenvalue weighted by molar-refractivity contribution is 5.98. The Hall–Kier alpha value is -3.12. The van der Waals surface area contributed by atoms with Gasteiger partial charge in [-0.3, -0.25) is 9.88 Å². The van der Waals surface area contributed by atoms with E-state index in [-0.39, 0.29) is 12.0 Å². The summed E-state index contributed by atoms with van der Waals surface area (Å²) in [4.78, 5) is 19.9. The molecule has 0 aliphatic carbocycles. The van der Waals surface area contributed by atoms with Crippen molar-refractivity contribution in [1.29, 1.82) is 0 Å². The van der Waals surface area contributed by atoms with E-state index in [0.717, 1.165) is 58.6 Å². The normalized spacial score (nSPS) is 16.5. The Kier molecular flexibility index (Phi) is 6.09. The minimum absolute atomic E-state index is 0.157. The molecule has 0 bridgehead atoms. The predicted octanol–water partition coefficient (Wildman–Crippen LogP) is 4.68. The number of aromatic nitrogens is 1. The van der Waals surface area contributed by atoms with Crippen LogP contribution in [0.3, 0.4) is 0 Å². The van der Waals surface area contributed by atoms with Crippen molar-refractivity contribution in [2.75, 3.05) is 27.9 Å². The van der Waals surface area contributed by atoms with Crippen LogP contribution in [0.5, 0.6) is 11.5 Å². The second-order valence-electron chi connectivity index (χ2n) is 7.80. The molecule has 4 rings (SSSR count). The third-order valence-electron chi connectivity index (χ3n) is 6.13. The van der Waals surface area contributed by atoms with E-state index in [0.29, 0.717) is 12.1 Å². The minimum atomic E-state index is -0.347. The summed E-state index contributed by atoms with van der Waals surface area (Å²) in [6.07, 6.45) is 2.06. The standard InChI is InChI=1S/C25H28N2O4/c1-16-18-8-5-6-9-20(18)26-21(24(16)25(28)31-4)15-27-13-7-10-22(27)19-14-17(29-2)11-12-23(19)30-3/h5-6,8-9,11-12,14,22H,7,10,13,15H2,1-4H3/t22-/m1/s1. The molecule has 2 heterocycles. The molecule has 6 nitrogen and oxygen atoms in total. The van der Waals surface area contributed by atoms with Crippen LogP contribution < -0.4 is 9.47 Å². The summed E-state index contributed by atoms with van der Waals surface area (Å²) < 4.78 is 16.2. The first-order valence-electron chi connectivity index (χ1n) is 10.5. The molecule has 3 aromatic rings. The second-order valence-corrected chi connectivity index (χ2v) is 7.80. The first-order chi connectivity index (χ1) is 15.1. The van der Waals surface area contributed by atoms with E-state index in [1.807, 2.05) is 49.4 Å². The Bertz CT molecular complexity index is 1110. The maximum absolute atomic E-state index is 12.7. The molecular formula is C25H28N2O4. The lowest BCUT2D eigenvalue weighted by Gasteiger charge is -2.27. The van der Waals surface area contributed by atoms with Crippen molar-refractivity contribution in [3.63, 3.8) is 0 Å². The van der Waals surface area contributed by atoms with E-state index in [4.69, 9.17) is 19.2 Å². The van der Waals surface area contributed by atoms with Gasteiger partial charge >= 0.3 is 5.97 Å². The highest BCUT2D eigenvalue weighted by Gasteiger charge is 2.31. The van der Waals surface area contributed by atoms with Crippen molar-refractivity contribution in [2.45, 2.75) is 32.4 Å². The lowest BCUT2D eigenvalue weighted by Crippen LogP contribution is -2.25. The van der Waals surface area contributed by atoms with E-state index in [2.05, 4.69) is 4.90 Å². The number of ether oxygens (including phenoxy) is 3. The van der Waals surface area contributed by atoms with Gasteiger partial charge in [-0.15, -0.1) is 0 Å². The number of carbonyl (C=O) groups is 1. The number of pyridine rings is 1. The molecule has 0 unspecified atom stereocenters. The molecule has 1 aliphatic rings. The molecule has 1 aliphatic heterocycles. The van der Waals surface area contributed by atoms with Crippen molar-refractivity contribution >= 4 is 16.9 Å². The number of para-hydroxylation sites is 1. The largest absolute Gasteiger partial charge is 0.497 e. The Morgan fingerprint density at radius 3 is 2.68 bits per heavy atom. The summed E-state index contributed by atoms with van der Waals surface area (Å²) in [5.41, 5.74) is 4.19. The Labute approximate surface area is 182 Å². The number of esters is 1. The van der Waals surface area contributed by atoms with E-state index in [1.54, 1.807) is 14.2 Å². The van der Waals surface area contributed by atoms with Crippen molar-refractivity contribution in [3.8, 4) is 11.5 Å². The van der Waals surface area contributed by atoms with Gasteiger partial charge in [0.1, 0.15) is 11.5 Å². The van der Waals surface area contributed by atoms with Crippen LogP contribution in [0.1, 0.15) is 46.1 Å². The highest BCUT2D eigenvalue weighted by atomic mass is 16.5. The molecule has 0 radical (unpaired) electrons. The summed E-state index contributed by atoms with van der Waals surface area (Å²) in [5.74, 6) is 1.30. The fourth-order valence-corrected chi connectivity index (χ4v) is 4.59. The van der Waals surface area contributed by atoms with Crippen LogP contribution in [-0.2, 0) is 11.3 Å². The number of fused-ring (bicyclic) bond motifs is 1. The smallest absolute Gasteiger partial charge is 0.340 e. The van der Waals surface area contributed by atoms with Gasteiger partial charge in [0.25, 0.3) is 0 Å². The summed E-state index contributed by atoms with van der Waals surface area (Å²) in [7, 11) is 4.77. The van der Waals surface area contributed by atoms with Gasteiger partial charge in [0.05, 0.1) is 38.1 Å². The van der Waals surface area contributed by atoms with E-state index < -0.39 is 0 Å². The van der Waals surface area contributed by atoms with Gasteiger partial charge in [-0.1, -0.05) is 18.2 Å². The quantitative estimate of drug-likeness (QED) is 0.540. The van der Waals surface area contributed by atoms with Crippen molar-refractivity contribution in [3.05, 3.63) is 64.8 Å². The fourth-order valence-electron chi connectivity index (χ4n) is 4.59. The van der Waals surface area contributed by atoms with Gasteiger partial charge in [0.15, 0.2) is 0 Å². The van der Waals surface area contributed by atoms with Crippen LogP contribution >= 0.6 is 0 Å². The van der Waals surface area contributed by atoms with Crippen LogP contribution in [-0.4, -0.2) is 43.7 Å². The maximum Gasteiger partial charge on any atom is 0.340 e. The zero-order valence-corrected chi connectivity index (χ0v) is 18.5. The fraction of sp³-hybridized carbons (Fsp3) is 0.360. The van der Waals surface area contributed by atoms with Crippen LogP contribution in [0.25, 0.3) is 10.9 Å². The maximum atomic E-state index is 12.7. The lowest BCUT2D eigenvalue weighted by atomic mass is 10.00. The Morgan fingerprint density at radius 1 is 1.13 bits per heavy atom. The predicted molar refractivity (Wildman–Crippen MR) is 120 cm³/mol. The number of hydrogen-bond donors (Lipinski definition) is 0. The molecule has 1 fully saturated rings. The summed E-state index contributed by atoms with van der Waals surface area (Å²) >= 11 is 0. The molecule has 0 amide bonds. The Morgan fingerprint density at radius 2 is 1.94 bits per heavy atom. The monoisotopic (exact) mass is 420 g/mol. The van der Waals surface area contributed by atoms with Crippen molar-refractivity contribution < 1.29 is 19.0 Å². The SMILES string of the molecule is COC(=O)c1c(CN2CCC[C@@H]2c2cc(OC)ccc2OC)nc2ccccc2c1C. The van der Waals surface area contributed by atoms with Gasteiger partial charge in [0, 0.05) is 23.5 Å². The number of carbonyl (C=O) groups excluding carboxylic acids is 1. The molecule has 1 atom stereocenters. The van der Waals surface area contributed by atoms with Gasteiger partial charge < -0.3 is 14.2 Å². The third-order valence-corrected chi connectivity index (χ3v) is 6.13. The zero-order chi connectivity index (χ0) is 22.0. The number of methoxy groups -OCH3 is 3. The first-order valence-corrected chi connectivity index (χ1v) is 10.5. The second kappa shape index (κ2) is 8.94. The highest BCUT2D eigenvalue weighted by Crippen LogP contribution is 2.40. The number of likely N-dealkylation sites (tertiary alicyclic amines) is 1. The number of benzene rings is 2. The molecule has 0 N–H and O–H groups in total. The molecule has 0 saturated carbocycles. The molecule has 0 spiro atoms. The third kappa shape index (κ3) is 3.95. The van der Waals surface area contributed by atoms with Crippen molar-refractivity contribution in [2.24, 2.45) is 0 Å². The summed E-state index contributed by atoms with van der Waals surface area (Å²) in [5, 5.41) is 0.971. The summed E-state index contributed by atoms with van der Waals surface area (Å²) in [6.45, 7) is 3.44. The Balaban J connectivity index is 1.76. The molecule has 6 heteroatoms. The van der Waals surface area contributed by atoms with Gasteiger partial charge in [-0.25, -0.2) is 4.79 Å². The molecular weight excluding hydrogens is 392 g/mol. The van der Waals surface area contributed by atoms with Crippen LogP contribution in [0.15, 0.2) is 42.5 Å². The lowest BCUT2D eigenvalue weighted by molar-refractivity contribution is 0.0596. The minimum Gasteiger partial charge on any atom is -0.497 e. The molecule has 31 heavy (non-hydrogen) atoms. The molecule has 1 saturated heterocycles. The van der Waals surface area contributed by atoms with E-state index in [9.17, 15) is 4.79 Å². The summed E-state index contributed by atoms with van der Waals surface area (Å²) in [6, 6.07) is 14.0. The molecule has 2 aromatic carbocycles. The van der Waals surface area contributed by atoms with Crippen LogP contribution in [0.4, 0.5) is 0 Å². The molecule has 162 valence electrons. The van der Waals surface area contributed by atoms with Gasteiger partial charge in [-0.05, 0) is 56.1 Å². The average Bonchev–Trinajstić information content (AvgIpc) is 3.26. The number of nitrogens with zero attached hydrogens (tertiary/aromatic N) is 2. The van der Waals surface area contributed by atoms with E-state index in [1.165, 1.54) is 7.11 Å². The number of aryl methyl sites for hydroxylation is 1. The first kappa shape index (κ1) is 21.1. The van der Waals surface area contributed by atoms with Gasteiger partial charge in [-0.2, -0.15) is 0 Å². The molecule has 1 aromatic heterocycles. The van der Waals surface area contributed by atoms with Gasteiger partial charge in [0.2, 0.25) is 0 Å². The van der Waals surface area contributed by atoms with E-state index >= 15 is 0 Å². The number of rotatable bonds is 6. The zero-order valence-electron chi connectivity index (χ0n) is 18.5. The van der Waals surface area contributed by atoms with Crippen molar-refractivity contribution in [1.82, 2.24) is 9.88 Å². The number of hydrogen-bond acceptors (Lipinski definition) is 6. The van der Waals surface area contributed by atoms with Crippen LogP contribution in [0.2, 0.25) is 0 Å².